The van der Waals surface area contributed by atoms with E-state index in [0.717, 1.165) is 31.5 Å². The van der Waals surface area contributed by atoms with Crippen molar-refractivity contribution in [2.75, 3.05) is 18.8 Å². The topological polar surface area (TPSA) is 80.5 Å². The number of sulfone groups is 1. The summed E-state index contributed by atoms with van der Waals surface area (Å²) >= 11 is 1.26. The molecule has 1 amide bonds. The number of rotatable bonds is 6. The van der Waals surface area contributed by atoms with E-state index in [4.69, 9.17) is 4.42 Å². The van der Waals surface area contributed by atoms with Gasteiger partial charge < -0.3 is 9.32 Å². The quantitative estimate of drug-likeness (QED) is 0.548. The van der Waals surface area contributed by atoms with E-state index in [0.29, 0.717) is 16.3 Å². The molecule has 0 unspecified atom stereocenters. The number of fused-ring (bicyclic) bond motifs is 1. The van der Waals surface area contributed by atoms with Crippen LogP contribution in [-0.2, 0) is 14.6 Å². The Kier molecular flexibility index (Phi) is 5.65. The van der Waals surface area contributed by atoms with Crippen LogP contribution in [0.15, 0.2) is 63.1 Å². The summed E-state index contributed by atoms with van der Waals surface area (Å²) in [4.78, 5) is 19.7. The molecule has 0 bridgehead atoms. The van der Waals surface area contributed by atoms with Gasteiger partial charge in [-0.15, -0.1) is 0 Å². The van der Waals surface area contributed by atoms with Gasteiger partial charge in [-0.2, -0.15) is 0 Å². The third-order valence-corrected chi connectivity index (χ3v) is 7.86. The summed E-state index contributed by atoms with van der Waals surface area (Å²) in [5.41, 5.74) is 1.87. The Morgan fingerprint density at radius 1 is 1.17 bits per heavy atom. The van der Waals surface area contributed by atoms with Crippen LogP contribution < -0.4 is 0 Å². The third kappa shape index (κ3) is 4.18. The maximum atomic E-state index is 13.1. The Morgan fingerprint density at radius 3 is 2.59 bits per heavy atom. The number of thioether (sulfide) groups is 1. The zero-order chi connectivity index (χ0) is 20.4. The molecule has 29 heavy (non-hydrogen) atoms. The van der Waals surface area contributed by atoms with E-state index in [-0.39, 0.29) is 16.6 Å². The number of hydrogen-bond acceptors (Lipinski definition) is 6. The summed E-state index contributed by atoms with van der Waals surface area (Å²) in [6.07, 6.45) is 2.05. The predicted molar refractivity (Wildman–Crippen MR) is 113 cm³/mol. The third-order valence-electron chi connectivity index (χ3n) is 5.04. The van der Waals surface area contributed by atoms with Gasteiger partial charge in [0.05, 0.1) is 10.6 Å². The molecule has 8 heteroatoms. The van der Waals surface area contributed by atoms with Crippen molar-refractivity contribution >= 4 is 38.6 Å². The van der Waals surface area contributed by atoms with Gasteiger partial charge in [0.2, 0.25) is 5.91 Å². The minimum Gasteiger partial charge on any atom is -0.431 e. The molecule has 0 spiro atoms. The number of amides is 1. The smallest absolute Gasteiger partial charge is 0.257 e. The summed E-state index contributed by atoms with van der Waals surface area (Å²) in [5, 5.41) is -0.103. The molecule has 1 aliphatic heterocycles. The molecule has 4 rings (SSSR count). The number of aromatic nitrogens is 1. The average molecular weight is 431 g/mol. The lowest BCUT2D eigenvalue weighted by Crippen LogP contribution is -2.31. The second-order valence-corrected chi connectivity index (χ2v) is 10.3. The lowest BCUT2D eigenvalue weighted by atomic mass is 10.1. The highest BCUT2D eigenvalue weighted by Crippen LogP contribution is 2.38. The van der Waals surface area contributed by atoms with Gasteiger partial charge in [0.25, 0.3) is 5.22 Å². The van der Waals surface area contributed by atoms with Crippen LogP contribution in [-0.4, -0.2) is 43.1 Å². The first-order valence-electron chi connectivity index (χ1n) is 9.61. The number of carbonyl (C=O) groups excluding carboxylic acids is 1. The maximum absolute atomic E-state index is 13.1. The van der Waals surface area contributed by atoms with Crippen LogP contribution >= 0.6 is 11.8 Å². The fourth-order valence-corrected chi connectivity index (χ4v) is 5.32. The van der Waals surface area contributed by atoms with Gasteiger partial charge in [-0.05, 0) is 48.4 Å². The fourth-order valence-electron chi connectivity index (χ4n) is 3.39. The molecule has 1 aromatic heterocycles. The van der Waals surface area contributed by atoms with E-state index in [2.05, 4.69) is 4.98 Å². The Hall–Kier alpha value is -2.32. The number of hydrogen-bond donors (Lipinski definition) is 0. The van der Waals surface area contributed by atoms with Crippen molar-refractivity contribution in [2.24, 2.45) is 0 Å². The van der Waals surface area contributed by atoms with E-state index in [1.165, 1.54) is 23.9 Å². The second-order valence-electron chi connectivity index (χ2n) is 6.95. The van der Waals surface area contributed by atoms with Crippen molar-refractivity contribution in [3.63, 3.8) is 0 Å². The molecule has 152 valence electrons. The first-order chi connectivity index (χ1) is 14.0. The highest BCUT2D eigenvalue weighted by Gasteiger charge is 2.30. The summed E-state index contributed by atoms with van der Waals surface area (Å²) in [5.74, 6) is 0.0773. The Morgan fingerprint density at radius 2 is 1.90 bits per heavy atom. The molecule has 1 saturated heterocycles. The van der Waals surface area contributed by atoms with Crippen molar-refractivity contribution < 1.29 is 17.6 Å². The molecule has 3 aromatic rings. The SMILES string of the molecule is CCS(=O)(=O)c1ccc2oc(S[C@@H](C(=O)N3CCCC3)c3ccccc3)nc2c1. The molecule has 2 heterocycles. The van der Waals surface area contributed by atoms with Crippen LogP contribution in [0.2, 0.25) is 0 Å². The van der Waals surface area contributed by atoms with Gasteiger partial charge in [0.15, 0.2) is 15.4 Å². The molecule has 1 aliphatic rings. The van der Waals surface area contributed by atoms with Crippen LogP contribution in [0.25, 0.3) is 11.1 Å². The van der Waals surface area contributed by atoms with Gasteiger partial charge in [-0.3, -0.25) is 4.79 Å². The van der Waals surface area contributed by atoms with Gasteiger partial charge in [-0.1, -0.05) is 37.3 Å². The van der Waals surface area contributed by atoms with Gasteiger partial charge in [-0.25, -0.2) is 13.4 Å². The molecule has 0 aliphatic carbocycles. The van der Waals surface area contributed by atoms with Gasteiger partial charge in [0.1, 0.15) is 10.8 Å². The van der Waals surface area contributed by atoms with Crippen molar-refractivity contribution in [3.8, 4) is 0 Å². The van der Waals surface area contributed by atoms with Crippen LogP contribution in [0.5, 0.6) is 0 Å². The zero-order valence-electron chi connectivity index (χ0n) is 16.1. The molecule has 1 fully saturated rings. The lowest BCUT2D eigenvalue weighted by molar-refractivity contribution is -0.129. The van der Waals surface area contributed by atoms with E-state index in [1.54, 1.807) is 13.0 Å². The number of carbonyl (C=O) groups is 1. The number of likely N-dealkylation sites (tertiary alicyclic amines) is 1. The normalized spacial score (nSPS) is 15.7. The summed E-state index contributed by atoms with van der Waals surface area (Å²) in [7, 11) is -3.32. The predicted octanol–water partition coefficient (Wildman–Crippen LogP) is 4.08. The molecule has 2 aromatic carbocycles. The van der Waals surface area contributed by atoms with Crippen LogP contribution in [0.4, 0.5) is 0 Å². The molecule has 0 saturated carbocycles. The monoisotopic (exact) mass is 430 g/mol. The number of benzene rings is 2. The standard InChI is InChI=1S/C21H22N2O4S2/c1-2-29(25,26)16-10-11-18-17(14-16)22-21(27-18)28-19(15-8-4-3-5-9-15)20(24)23-12-6-7-13-23/h3-5,8-11,14,19H,2,6-7,12-13H2,1H3/t19-/m1/s1. The van der Waals surface area contributed by atoms with Crippen LogP contribution in [0.3, 0.4) is 0 Å². The summed E-state index contributed by atoms with van der Waals surface area (Å²) in [6.45, 7) is 3.15. The largest absolute Gasteiger partial charge is 0.431 e. The average Bonchev–Trinajstić information content (AvgIpc) is 3.41. The summed E-state index contributed by atoms with van der Waals surface area (Å²) in [6, 6.07) is 14.3. The highest BCUT2D eigenvalue weighted by molar-refractivity contribution is 8.00. The van der Waals surface area contributed by atoms with E-state index >= 15 is 0 Å². The number of nitrogens with zero attached hydrogens (tertiary/aromatic N) is 2. The van der Waals surface area contributed by atoms with Gasteiger partial charge in [0, 0.05) is 13.1 Å². The fraction of sp³-hybridized carbons (Fsp3) is 0.333. The van der Waals surface area contributed by atoms with Crippen molar-refractivity contribution in [1.82, 2.24) is 9.88 Å². The lowest BCUT2D eigenvalue weighted by Gasteiger charge is -2.22. The van der Waals surface area contributed by atoms with E-state index in [1.807, 2.05) is 35.2 Å². The van der Waals surface area contributed by atoms with E-state index in [9.17, 15) is 13.2 Å². The number of oxazole rings is 1. The first-order valence-corrected chi connectivity index (χ1v) is 12.1. The highest BCUT2D eigenvalue weighted by atomic mass is 32.2. The van der Waals surface area contributed by atoms with E-state index < -0.39 is 15.1 Å². The Bertz CT molecular complexity index is 1120. The van der Waals surface area contributed by atoms with Crippen LogP contribution in [0, 0.1) is 0 Å². The Labute approximate surface area is 174 Å². The molecule has 0 radical (unpaired) electrons. The molecule has 1 atom stereocenters. The molecular formula is C21H22N2O4S2. The first kappa shape index (κ1) is 20.0. The molecule has 0 N–H and O–H groups in total. The summed E-state index contributed by atoms with van der Waals surface area (Å²) < 4.78 is 30.1. The van der Waals surface area contributed by atoms with Gasteiger partial charge >= 0.3 is 0 Å². The Balaban J connectivity index is 1.66. The molecular weight excluding hydrogens is 408 g/mol. The van der Waals surface area contributed by atoms with Crippen molar-refractivity contribution in [3.05, 3.63) is 54.1 Å². The minimum absolute atomic E-state index is 0.0262. The minimum atomic E-state index is -3.32. The van der Waals surface area contributed by atoms with Crippen molar-refractivity contribution in [2.45, 2.75) is 35.1 Å². The van der Waals surface area contributed by atoms with Crippen molar-refractivity contribution in [1.29, 1.82) is 0 Å². The van der Waals surface area contributed by atoms with Crippen LogP contribution in [0.1, 0.15) is 30.6 Å². The maximum Gasteiger partial charge on any atom is 0.257 e. The zero-order valence-corrected chi connectivity index (χ0v) is 17.7. The molecule has 6 nitrogen and oxygen atoms in total. The second kappa shape index (κ2) is 8.20.